The predicted octanol–water partition coefficient (Wildman–Crippen LogP) is 2.27. The molecule has 0 aromatic carbocycles. The number of nitrogens with zero attached hydrogens (tertiary/aromatic N) is 3. The summed E-state index contributed by atoms with van der Waals surface area (Å²) in [6.07, 6.45) is 3.39. The first-order chi connectivity index (χ1) is 8.28. The van der Waals surface area contributed by atoms with Crippen LogP contribution >= 0.6 is 0 Å². The Morgan fingerprint density at radius 3 is 2.65 bits per heavy atom. The van der Waals surface area contributed by atoms with Crippen molar-refractivity contribution in [2.45, 2.75) is 13.5 Å². The van der Waals surface area contributed by atoms with Gasteiger partial charge in [-0.3, -0.25) is 4.98 Å². The monoisotopic (exact) mass is 224 g/mol. The molecule has 0 radical (unpaired) electrons. The van der Waals surface area contributed by atoms with Gasteiger partial charge in [0, 0.05) is 24.6 Å². The van der Waals surface area contributed by atoms with E-state index in [1.807, 2.05) is 31.3 Å². The number of nitrogens with one attached hydrogen (secondary N) is 1. The molecule has 2 aromatic rings. The maximum Gasteiger partial charge on any atom is 0.126 e. The Morgan fingerprint density at radius 2 is 2.06 bits per heavy atom. The largest absolute Gasteiger partial charge is 0.366 e. The van der Waals surface area contributed by atoms with Gasteiger partial charge in [0.05, 0.1) is 5.56 Å². The maximum atomic E-state index is 8.64. The van der Waals surface area contributed by atoms with Crippen molar-refractivity contribution in [3.63, 3.8) is 0 Å². The van der Waals surface area contributed by atoms with Crippen LogP contribution in [0.4, 0.5) is 5.82 Å². The lowest BCUT2D eigenvalue weighted by atomic mass is 10.2. The van der Waals surface area contributed by atoms with E-state index in [1.54, 1.807) is 18.3 Å². The number of nitriles is 1. The van der Waals surface area contributed by atoms with Crippen LogP contribution in [0.25, 0.3) is 0 Å². The molecule has 0 fully saturated rings. The Bertz CT molecular complexity index is 523. The van der Waals surface area contributed by atoms with Crippen LogP contribution in [0.5, 0.6) is 0 Å². The van der Waals surface area contributed by atoms with Crippen molar-refractivity contribution in [1.29, 1.82) is 5.26 Å². The van der Waals surface area contributed by atoms with E-state index in [0.717, 1.165) is 17.1 Å². The Hall–Kier alpha value is -2.41. The molecule has 17 heavy (non-hydrogen) atoms. The van der Waals surface area contributed by atoms with Crippen molar-refractivity contribution < 1.29 is 0 Å². The third kappa shape index (κ3) is 3.02. The molecule has 84 valence electrons. The van der Waals surface area contributed by atoms with Crippen molar-refractivity contribution >= 4 is 5.82 Å². The van der Waals surface area contributed by atoms with Gasteiger partial charge in [-0.2, -0.15) is 5.26 Å². The zero-order chi connectivity index (χ0) is 12.1. The van der Waals surface area contributed by atoms with Gasteiger partial charge in [0.1, 0.15) is 11.9 Å². The number of rotatable bonds is 3. The summed E-state index contributed by atoms with van der Waals surface area (Å²) >= 11 is 0. The second-order valence-corrected chi connectivity index (χ2v) is 3.71. The van der Waals surface area contributed by atoms with E-state index in [0.29, 0.717) is 12.1 Å². The third-order valence-corrected chi connectivity index (χ3v) is 2.34. The van der Waals surface area contributed by atoms with Crippen LogP contribution < -0.4 is 5.32 Å². The van der Waals surface area contributed by atoms with Crippen LogP contribution in [0.2, 0.25) is 0 Å². The summed E-state index contributed by atoms with van der Waals surface area (Å²) in [6, 6.07) is 9.57. The average molecular weight is 224 g/mol. The minimum Gasteiger partial charge on any atom is -0.366 e. The highest BCUT2D eigenvalue weighted by Crippen LogP contribution is 2.06. The summed E-state index contributed by atoms with van der Waals surface area (Å²) in [5.41, 5.74) is 2.67. The number of hydrogen-bond acceptors (Lipinski definition) is 4. The van der Waals surface area contributed by atoms with Crippen LogP contribution in [0, 0.1) is 18.3 Å². The topological polar surface area (TPSA) is 61.6 Å². The highest BCUT2D eigenvalue weighted by molar-refractivity contribution is 5.39. The van der Waals surface area contributed by atoms with Gasteiger partial charge >= 0.3 is 0 Å². The first-order valence-electron chi connectivity index (χ1n) is 5.29. The molecule has 0 saturated carbocycles. The standard InChI is InChI=1S/C13H12N4/c1-10-2-3-12(8-15-10)9-17-13-5-4-11(6-14)7-16-13/h2-5,7-8H,9H2,1H3,(H,16,17). The zero-order valence-corrected chi connectivity index (χ0v) is 9.51. The molecule has 4 nitrogen and oxygen atoms in total. The molecule has 0 bridgehead atoms. The molecule has 2 heterocycles. The highest BCUT2D eigenvalue weighted by atomic mass is 15.0. The van der Waals surface area contributed by atoms with Crippen molar-refractivity contribution in [3.8, 4) is 6.07 Å². The van der Waals surface area contributed by atoms with E-state index >= 15 is 0 Å². The molecule has 0 aliphatic rings. The molecule has 0 aliphatic carbocycles. The number of anilines is 1. The van der Waals surface area contributed by atoms with Crippen molar-refractivity contribution in [3.05, 3.63) is 53.5 Å². The molecule has 4 heteroatoms. The lowest BCUT2D eigenvalue weighted by Crippen LogP contribution is -2.01. The highest BCUT2D eigenvalue weighted by Gasteiger charge is 1.96. The molecule has 0 amide bonds. The van der Waals surface area contributed by atoms with E-state index in [1.165, 1.54) is 0 Å². The van der Waals surface area contributed by atoms with E-state index < -0.39 is 0 Å². The van der Waals surface area contributed by atoms with E-state index in [2.05, 4.69) is 15.3 Å². The number of pyridine rings is 2. The fraction of sp³-hybridized carbons (Fsp3) is 0.154. The van der Waals surface area contributed by atoms with Crippen LogP contribution in [0.3, 0.4) is 0 Å². The van der Waals surface area contributed by atoms with Crippen LogP contribution in [0.15, 0.2) is 36.7 Å². The summed E-state index contributed by atoms with van der Waals surface area (Å²) in [6.45, 7) is 2.63. The molecular weight excluding hydrogens is 212 g/mol. The van der Waals surface area contributed by atoms with Crippen molar-refractivity contribution in [2.24, 2.45) is 0 Å². The summed E-state index contributed by atoms with van der Waals surface area (Å²) in [7, 11) is 0. The second kappa shape index (κ2) is 5.08. The first-order valence-corrected chi connectivity index (χ1v) is 5.29. The fourth-order valence-corrected chi connectivity index (χ4v) is 1.36. The Morgan fingerprint density at radius 1 is 1.18 bits per heavy atom. The van der Waals surface area contributed by atoms with Crippen molar-refractivity contribution in [2.75, 3.05) is 5.32 Å². The summed E-state index contributed by atoms with van der Waals surface area (Å²) in [5, 5.41) is 11.8. The summed E-state index contributed by atoms with van der Waals surface area (Å²) in [4.78, 5) is 8.34. The SMILES string of the molecule is Cc1ccc(CNc2ccc(C#N)cn2)cn1. The molecule has 2 rings (SSSR count). The molecule has 2 aromatic heterocycles. The Labute approximate surface area is 100.0 Å². The number of aromatic nitrogens is 2. The molecule has 0 aliphatic heterocycles. The quantitative estimate of drug-likeness (QED) is 0.868. The Balaban J connectivity index is 1.98. The zero-order valence-electron chi connectivity index (χ0n) is 9.51. The van der Waals surface area contributed by atoms with Crippen LogP contribution in [-0.2, 0) is 6.54 Å². The van der Waals surface area contributed by atoms with Gasteiger partial charge in [0.15, 0.2) is 0 Å². The van der Waals surface area contributed by atoms with Gasteiger partial charge in [0.25, 0.3) is 0 Å². The second-order valence-electron chi connectivity index (χ2n) is 3.71. The molecule has 0 unspecified atom stereocenters. The first kappa shape index (κ1) is 11.1. The van der Waals surface area contributed by atoms with Crippen molar-refractivity contribution in [1.82, 2.24) is 9.97 Å². The van der Waals surface area contributed by atoms with Gasteiger partial charge in [-0.25, -0.2) is 4.98 Å². The molecular formula is C13H12N4. The molecule has 0 saturated heterocycles. The van der Waals surface area contributed by atoms with Gasteiger partial charge in [-0.05, 0) is 30.7 Å². The predicted molar refractivity (Wildman–Crippen MR) is 65.3 cm³/mol. The normalized spacial score (nSPS) is 9.65. The average Bonchev–Trinajstić information content (AvgIpc) is 2.39. The van der Waals surface area contributed by atoms with Crippen LogP contribution in [-0.4, -0.2) is 9.97 Å². The van der Waals surface area contributed by atoms with E-state index in [-0.39, 0.29) is 0 Å². The van der Waals surface area contributed by atoms with Gasteiger partial charge in [-0.1, -0.05) is 6.07 Å². The number of hydrogen-bond donors (Lipinski definition) is 1. The van der Waals surface area contributed by atoms with Gasteiger partial charge in [0.2, 0.25) is 0 Å². The maximum absolute atomic E-state index is 8.64. The minimum absolute atomic E-state index is 0.563. The smallest absolute Gasteiger partial charge is 0.126 e. The van der Waals surface area contributed by atoms with Gasteiger partial charge < -0.3 is 5.32 Å². The lowest BCUT2D eigenvalue weighted by molar-refractivity contribution is 1.07. The molecule has 1 N–H and O–H groups in total. The summed E-state index contributed by atoms with van der Waals surface area (Å²) < 4.78 is 0. The fourth-order valence-electron chi connectivity index (χ4n) is 1.36. The lowest BCUT2D eigenvalue weighted by Gasteiger charge is -2.05. The molecule has 0 spiro atoms. The minimum atomic E-state index is 0.563. The third-order valence-electron chi connectivity index (χ3n) is 2.34. The summed E-state index contributed by atoms with van der Waals surface area (Å²) in [5.74, 6) is 0.754. The Kier molecular flexibility index (Phi) is 3.31. The van der Waals surface area contributed by atoms with Crippen LogP contribution in [0.1, 0.15) is 16.8 Å². The number of aryl methyl sites for hydroxylation is 1. The molecule has 0 atom stereocenters. The van der Waals surface area contributed by atoms with E-state index in [9.17, 15) is 0 Å². The van der Waals surface area contributed by atoms with Gasteiger partial charge in [-0.15, -0.1) is 0 Å². The van der Waals surface area contributed by atoms with E-state index in [4.69, 9.17) is 5.26 Å².